The second-order valence-electron chi connectivity index (χ2n) is 7.49. The van der Waals surface area contributed by atoms with Crippen LogP contribution in [0.5, 0.6) is 0 Å². The quantitative estimate of drug-likeness (QED) is 0.774. The van der Waals surface area contributed by atoms with E-state index in [0.717, 1.165) is 0 Å². The van der Waals surface area contributed by atoms with Gasteiger partial charge in [0.05, 0.1) is 12.6 Å². The summed E-state index contributed by atoms with van der Waals surface area (Å²) < 4.78 is 10.5. The predicted octanol–water partition coefficient (Wildman–Crippen LogP) is 2.37. The fourth-order valence-corrected chi connectivity index (χ4v) is 3.28. The van der Waals surface area contributed by atoms with Crippen LogP contribution in [0.1, 0.15) is 49.7 Å². The monoisotopic (exact) mass is 360 g/mol. The lowest BCUT2D eigenvalue weighted by atomic mass is 10.0. The van der Waals surface area contributed by atoms with Gasteiger partial charge >= 0.3 is 12.1 Å². The molecule has 0 spiro atoms. The molecule has 26 heavy (non-hydrogen) atoms. The van der Waals surface area contributed by atoms with Crippen LogP contribution >= 0.6 is 0 Å². The largest absolute Gasteiger partial charge is 0.464 e. The van der Waals surface area contributed by atoms with Crippen LogP contribution in [0.25, 0.3) is 0 Å². The van der Waals surface area contributed by atoms with Gasteiger partial charge in [-0.1, -0.05) is 18.2 Å². The Morgan fingerprint density at radius 2 is 1.85 bits per heavy atom. The summed E-state index contributed by atoms with van der Waals surface area (Å²) in [7, 11) is 0. The molecule has 2 aliphatic rings. The van der Waals surface area contributed by atoms with E-state index in [1.165, 1.54) is 4.90 Å². The molecule has 2 amide bonds. The summed E-state index contributed by atoms with van der Waals surface area (Å²) in [6, 6.07) is 6.07. The first kappa shape index (κ1) is 18.2. The molecule has 1 atom stereocenters. The van der Waals surface area contributed by atoms with E-state index in [0.29, 0.717) is 24.2 Å². The van der Waals surface area contributed by atoms with Gasteiger partial charge in [0.15, 0.2) is 6.04 Å². The molecule has 1 saturated heterocycles. The van der Waals surface area contributed by atoms with Gasteiger partial charge in [0.25, 0.3) is 5.91 Å². The van der Waals surface area contributed by atoms with Crippen molar-refractivity contribution >= 4 is 18.0 Å². The average molecular weight is 360 g/mol. The molecule has 1 aromatic carbocycles. The zero-order chi connectivity index (χ0) is 19.1. The smallest absolute Gasteiger partial charge is 0.410 e. The molecule has 0 aromatic heterocycles. The summed E-state index contributed by atoms with van der Waals surface area (Å²) in [5, 5.41) is 0. The van der Waals surface area contributed by atoms with Gasteiger partial charge in [-0.25, -0.2) is 9.59 Å². The normalized spacial score (nSPS) is 19.8. The second kappa shape index (κ2) is 6.63. The third-order valence-electron chi connectivity index (χ3n) is 4.42. The summed E-state index contributed by atoms with van der Waals surface area (Å²) >= 11 is 0. The summed E-state index contributed by atoms with van der Waals surface area (Å²) in [6.07, 6.45) is -0.411. The number of carbonyl (C=O) groups excluding carboxylic acids is 3. The lowest BCUT2D eigenvalue weighted by molar-refractivity contribution is -0.150. The van der Waals surface area contributed by atoms with E-state index >= 15 is 0 Å². The minimum absolute atomic E-state index is 0.201. The Labute approximate surface area is 152 Å². The number of fused-ring (bicyclic) bond motifs is 1. The summed E-state index contributed by atoms with van der Waals surface area (Å²) in [5.41, 5.74) is 0.600. The van der Waals surface area contributed by atoms with E-state index in [2.05, 4.69) is 0 Å². The number of benzene rings is 1. The van der Waals surface area contributed by atoms with E-state index in [1.54, 1.807) is 56.9 Å². The third-order valence-corrected chi connectivity index (χ3v) is 4.42. The molecule has 7 nitrogen and oxygen atoms in total. The molecule has 0 saturated carbocycles. The van der Waals surface area contributed by atoms with Crippen LogP contribution in [-0.2, 0) is 14.3 Å². The lowest BCUT2D eigenvalue weighted by Gasteiger charge is -2.45. The van der Waals surface area contributed by atoms with Crippen molar-refractivity contribution in [2.75, 3.05) is 19.7 Å². The van der Waals surface area contributed by atoms with Crippen molar-refractivity contribution < 1.29 is 23.9 Å². The van der Waals surface area contributed by atoms with Gasteiger partial charge in [-0.15, -0.1) is 0 Å². The van der Waals surface area contributed by atoms with E-state index in [9.17, 15) is 14.4 Å². The van der Waals surface area contributed by atoms with Crippen molar-refractivity contribution in [2.45, 2.75) is 45.4 Å². The number of likely N-dealkylation sites (tertiary alicyclic amines) is 1. The molecular formula is C19H24N2O5. The van der Waals surface area contributed by atoms with Crippen LogP contribution in [0, 0.1) is 0 Å². The Morgan fingerprint density at radius 1 is 1.19 bits per heavy atom. The van der Waals surface area contributed by atoms with Gasteiger partial charge in [-0.2, -0.15) is 0 Å². The molecular weight excluding hydrogens is 336 g/mol. The van der Waals surface area contributed by atoms with Crippen LogP contribution in [0.2, 0.25) is 0 Å². The number of hydrogen-bond donors (Lipinski definition) is 0. The van der Waals surface area contributed by atoms with Gasteiger partial charge < -0.3 is 19.3 Å². The number of nitrogens with zero attached hydrogens (tertiary/aromatic N) is 2. The molecule has 140 valence electrons. The minimum atomic E-state index is -0.760. The van der Waals surface area contributed by atoms with Crippen molar-refractivity contribution in [3.8, 4) is 0 Å². The summed E-state index contributed by atoms with van der Waals surface area (Å²) in [4.78, 5) is 40.5. The minimum Gasteiger partial charge on any atom is -0.464 e. The van der Waals surface area contributed by atoms with Gasteiger partial charge in [-0.3, -0.25) is 4.79 Å². The highest BCUT2D eigenvalue weighted by molar-refractivity contribution is 6.04. The lowest BCUT2D eigenvalue weighted by Crippen LogP contribution is -2.63. The fraction of sp³-hybridized carbons (Fsp3) is 0.526. The molecule has 0 N–H and O–H groups in total. The molecule has 0 aliphatic carbocycles. The third kappa shape index (κ3) is 3.25. The Hall–Kier alpha value is -2.57. The fourth-order valence-electron chi connectivity index (χ4n) is 3.28. The Balaban J connectivity index is 1.76. The molecule has 1 fully saturated rings. The maximum absolute atomic E-state index is 12.8. The predicted molar refractivity (Wildman–Crippen MR) is 93.6 cm³/mol. The highest BCUT2D eigenvalue weighted by Gasteiger charge is 2.49. The average Bonchev–Trinajstić information content (AvgIpc) is 2.78. The van der Waals surface area contributed by atoms with E-state index in [4.69, 9.17) is 9.47 Å². The number of rotatable bonds is 3. The van der Waals surface area contributed by atoms with Crippen molar-refractivity contribution in [1.29, 1.82) is 0 Å². The van der Waals surface area contributed by atoms with Gasteiger partial charge in [-0.05, 0) is 39.3 Å². The molecule has 1 unspecified atom stereocenters. The molecule has 7 heteroatoms. The maximum Gasteiger partial charge on any atom is 0.410 e. The Morgan fingerprint density at radius 3 is 2.46 bits per heavy atom. The number of esters is 1. The van der Waals surface area contributed by atoms with E-state index in [1.807, 2.05) is 0 Å². The second-order valence-corrected chi connectivity index (χ2v) is 7.49. The molecule has 0 bridgehead atoms. The molecule has 2 heterocycles. The number of amides is 2. The molecule has 3 rings (SSSR count). The zero-order valence-electron chi connectivity index (χ0n) is 15.5. The molecule has 1 aromatic rings. The van der Waals surface area contributed by atoms with Gasteiger partial charge in [0.1, 0.15) is 5.60 Å². The van der Waals surface area contributed by atoms with Gasteiger partial charge in [0, 0.05) is 18.7 Å². The van der Waals surface area contributed by atoms with Crippen LogP contribution < -0.4 is 0 Å². The van der Waals surface area contributed by atoms with Crippen LogP contribution in [-0.4, -0.2) is 59.1 Å². The van der Waals surface area contributed by atoms with Crippen LogP contribution in [0.4, 0.5) is 4.79 Å². The standard InChI is InChI=1S/C19H24N2O5/c1-5-25-17(23)15-13-8-6-7-9-14(13)16(22)21(15)12-10-20(11-12)18(24)26-19(2,3)4/h6-9,12,15H,5,10-11H2,1-4H3. The number of carbonyl (C=O) groups is 3. The van der Waals surface area contributed by atoms with E-state index < -0.39 is 23.7 Å². The number of hydrogen-bond acceptors (Lipinski definition) is 5. The van der Waals surface area contributed by atoms with Crippen LogP contribution in [0.3, 0.4) is 0 Å². The van der Waals surface area contributed by atoms with Gasteiger partial charge in [0.2, 0.25) is 0 Å². The maximum atomic E-state index is 12.8. The topological polar surface area (TPSA) is 76.2 Å². The zero-order valence-corrected chi connectivity index (χ0v) is 15.5. The van der Waals surface area contributed by atoms with Crippen molar-refractivity contribution in [3.05, 3.63) is 35.4 Å². The van der Waals surface area contributed by atoms with Crippen molar-refractivity contribution in [1.82, 2.24) is 9.80 Å². The number of ether oxygens (including phenoxy) is 2. The van der Waals surface area contributed by atoms with E-state index in [-0.39, 0.29) is 18.6 Å². The first-order chi connectivity index (χ1) is 12.2. The SMILES string of the molecule is CCOC(=O)C1c2ccccc2C(=O)N1C1CN(C(=O)OC(C)(C)C)C1. The van der Waals surface area contributed by atoms with Crippen LogP contribution in [0.15, 0.2) is 24.3 Å². The molecule has 2 aliphatic heterocycles. The van der Waals surface area contributed by atoms with Crippen molar-refractivity contribution in [3.63, 3.8) is 0 Å². The highest BCUT2D eigenvalue weighted by Crippen LogP contribution is 2.38. The Bertz CT molecular complexity index is 734. The molecule has 0 radical (unpaired) electrons. The Kier molecular flexibility index (Phi) is 4.64. The highest BCUT2D eigenvalue weighted by atomic mass is 16.6. The first-order valence-corrected chi connectivity index (χ1v) is 8.79. The first-order valence-electron chi connectivity index (χ1n) is 8.79. The van der Waals surface area contributed by atoms with Crippen molar-refractivity contribution in [2.24, 2.45) is 0 Å². The summed E-state index contributed by atoms with van der Waals surface area (Å²) in [6.45, 7) is 8.07. The summed E-state index contributed by atoms with van der Waals surface area (Å²) in [5.74, 6) is -0.644.